The van der Waals surface area contributed by atoms with Gasteiger partial charge in [-0.25, -0.2) is 10.8 Å². The molecule has 0 radical (unpaired) electrons. The van der Waals surface area contributed by atoms with Gasteiger partial charge in [-0.05, 0) is 24.3 Å². The number of hydrogen-bond acceptors (Lipinski definition) is 5. The van der Waals surface area contributed by atoms with E-state index in [-0.39, 0.29) is 0 Å². The van der Waals surface area contributed by atoms with Crippen LogP contribution in [0.15, 0.2) is 41.0 Å². The predicted molar refractivity (Wildman–Crippen MR) is 74.2 cm³/mol. The maximum absolute atomic E-state index is 9.04. The van der Waals surface area contributed by atoms with Gasteiger partial charge in [0.25, 0.3) is 0 Å². The largest absolute Gasteiger partial charge is 0.354 e. The maximum atomic E-state index is 9.04. The van der Waals surface area contributed by atoms with Crippen LogP contribution in [0.2, 0.25) is 0 Å². The molecule has 5 nitrogen and oxygen atoms in total. The van der Waals surface area contributed by atoms with Gasteiger partial charge in [0.2, 0.25) is 0 Å². The highest BCUT2D eigenvalue weighted by Crippen LogP contribution is 2.25. The SMILES string of the molecule is N#Cc1ccc(Br)cc1Nc1ccnc(NN)c1. The number of nitrogens with two attached hydrogens (primary N) is 1. The fourth-order valence-corrected chi connectivity index (χ4v) is 1.82. The highest BCUT2D eigenvalue weighted by Gasteiger charge is 2.04. The quantitative estimate of drug-likeness (QED) is 0.599. The first-order valence-corrected chi connectivity index (χ1v) is 5.91. The third-order valence-electron chi connectivity index (χ3n) is 2.29. The van der Waals surface area contributed by atoms with E-state index in [1.807, 2.05) is 12.1 Å². The van der Waals surface area contributed by atoms with E-state index in [4.69, 9.17) is 11.1 Å². The van der Waals surface area contributed by atoms with Crippen LogP contribution in [0.3, 0.4) is 0 Å². The minimum Gasteiger partial charge on any atom is -0.354 e. The molecule has 0 aliphatic heterocycles. The summed E-state index contributed by atoms with van der Waals surface area (Å²) in [5.41, 5.74) is 4.56. The summed E-state index contributed by atoms with van der Waals surface area (Å²) in [7, 11) is 0. The number of anilines is 3. The topological polar surface area (TPSA) is 86.8 Å². The summed E-state index contributed by atoms with van der Waals surface area (Å²) in [5, 5.41) is 12.2. The van der Waals surface area contributed by atoms with Gasteiger partial charge < -0.3 is 10.7 Å². The van der Waals surface area contributed by atoms with Crippen molar-refractivity contribution in [3.05, 3.63) is 46.6 Å². The lowest BCUT2D eigenvalue weighted by Gasteiger charge is -2.09. The van der Waals surface area contributed by atoms with Crippen molar-refractivity contribution in [3.8, 4) is 6.07 Å². The molecule has 90 valence electrons. The van der Waals surface area contributed by atoms with E-state index in [9.17, 15) is 0 Å². The fourth-order valence-electron chi connectivity index (χ4n) is 1.46. The average Bonchev–Trinajstić information content (AvgIpc) is 2.39. The monoisotopic (exact) mass is 303 g/mol. The molecule has 0 saturated carbocycles. The van der Waals surface area contributed by atoms with Gasteiger partial charge in [0.1, 0.15) is 11.9 Å². The molecule has 0 saturated heterocycles. The van der Waals surface area contributed by atoms with Crippen molar-refractivity contribution in [2.75, 3.05) is 10.7 Å². The molecule has 4 N–H and O–H groups in total. The van der Waals surface area contributed by atoms with Crippen LogP contribution in [0.5, 0.6) is 0 Å². The normalized spacial score (nSPS) is 9.61. The Balaban J connectivity index is 2.33. The number of hydrazine groups is 1. The van der Waals surface area contributed by atoms with Gasteiger partial charge in [0.15, 0.2) is 0 Å². The third-order valence-corrected chi connectivity index (χ3v) is 2.78. The Morgan fingerprint density at radius 2 is 2.11 bits per heavy atom. The van der Waals surface area contributed by atoms with Crippen LogP contribution in [0.1, 0.15) is 5.56 Å². The molecule has 0 bridgehead atoms. The van der Waals surface area contributed by atoms with E-state index < -0.39 is 0 Å². The number of halogens is 1. The molecule has 0 unspecified atom stereocenters. The molecular weight excluding hydrogens is 294 g/mol. The molecule has 1 aromatic heterocycles. The first-order valence-electron chi connectivity index (χ1n) is 5.12. The van der Waals surface area contributed by atoms with Crippen LogP contribution < -0.4 is 16.6 Å². The lowest BCUT2D eigenvalue weighted by atomic mass is 10.2. The smallest absolute Gasteiger partial charge is 0.141 e. The van der Waals surface area contributed by atoms with Gasteiger partial charge in [-0.3, -0.25) is 0 Å². The highest BCUT2D eigenvalue weighted by atomic mass is 79.9. The molecule has 0 fully saturated rings. The van der Waals surface area contributed by atoms with Gasteiger partial charge >= 0.3 is 0 Å². The van der Waals surface area contributed by atoms with Gasteiger partial charge in [-0.15, -0.1) is 0 Å². The van der Waals surface area contributed by atoms with E-state index >= 15 is 0 Å². The Morgan fingerprint density at radius 3 is 2.83 bits per heavy atom. The van der Waals surface area contributed by atoms with E-state index in [1.54, 1.807) is 24.4 Å². The summed E-state index contributed by atoms with van der Waals surface area (Å²) in [4.78, 5) is 4.01. The number of hydrogen-bond donors (Lipinski definition) is 3. The van der Waals surface area contributed by atoms with E-state index in [0.717, 1.165) is 15.8 Å². The average molecular weight is 304 g/mol. The molecule has 2 rings (SSSR count). The van der Waals surface area contributed by atoms with Crippen LogP contribution in [-0.2, 0) is 0 Å². The number of benzene rings is 1. The molecular formula is C12H10BrN5. The number of nitriles is 1. The highest BCUT2D eigenvalue weighted by molar-refractivity contribution is 9.10. The summed E-state index contributed by atoms with van der Waals surface area (Å²) in [6.45, 7) is 0. The van der Waals surface area contributed by atoms with Crippen molar-refractivity contribution in [1.29, 1.82) is 5.26 Å². The Morgan fingerprint density at radius 1 is 1.28 bits per heavy atom. The third kappa shape index (κ3) is 2.77. The minimum atomic E-state index is 0.550. The van der Waals surface area contributed by atoms with Crippen molar-refractivity contribution in [3.63, 3.8) is 0 Å². The van der Waals surface area contributed by atoms with E-state index in [1.165, 1.54) is 0 Å². The molecule has 6 heteroatoms. The van der Waals surface area contributed by atoms with Gasteiger partial charge in [-0.2, -0.15) is 5.26 Å². The Kier molecular flexibility index (Phi) is 3.77. The molecule has 2 aromatic rings. The fraction of sp³-hybridized carbons (Fsp3) is 0. The van der Waals surface area contributed by atoms with Crippen LogP contribution in [0.4, 0.5) is 17.2 Å². The molecule has 0 amide bonds. The Bertz CT molecular complexity index is 606. The van der Waals surface area contributed by atoms with Gasteiger partial charge in [-0.1, -0.05) is 15.9 Å². The molecule has 0 atom stereocenters. The summed E-state index contributed by atoms with van der Waals surface area (Å²) in [6, 6.07) is 11.1. The minimum absolute atomic E-state index is 0.550. The van der Waals surface area contributed by atoms with Crippen LogP contribution >= 0.6 is 15.9 Å². The molecule has 1 aromatic carbocycles. The number of rotatable bonds is 3. The summed E-state index contributed by atoms with van der Waals surface area (Å²) >= 11 is 3.37. The second-order valence-corrected chi connectivity index (χ2v) is 4.42. The van der Waals surface area contributed by atoms with Crippen molar-refractivity contribution < 1.29 is 0 Å². The summed E-state index contributed by atoms with van der Waals surface area (Å²) in [6.07, 6.45) is 1.63. The summed E-state index contributed by atoms with van der Waals surface area (Å²) in [5.74, 6) is 5.84. The van der Waals surface area contributed by atoms with E-state index in [2.05, 4.69) is 37.7 Å². The molecule has 18 heavy (non-hydrogen) atoms. The molecule has 0 aliphatic carbocycles. The number of pyridine rings is 1. The zero-order valence-electron chi connectivity index (χ0n) is 9.31. The lowest BCUT2D eigenvalue weighted by molar-refractivity contribution is 1.23. The second-order valence-electron chi connectivity index (χ2n) is 3.50. The molecule has 0 spiro atoms. The van der Waals surface area contributed by atoms with Crippen molar-refractivity contribution in [2.24, 2.45) is 5.84 Å². The Labute approximate surface area is 113 Å². The number of nitrogens with one attached hydrogen (secondary N) is 2. The number of nitrogen functional groups attached to an aromatic ring is 1. The van der Waals surface area contributed by atoms with Crippen molar-refractivity contribution in [1.82, 2.24) is 4.98 Å². The van der Waals surface area contributed by atoms with Crippen LogP contribution in [0, 0.1) is 11.3 Å². The first kappa shape index (κ1) is 12.4. The Hall–Kier alpha value is -2.10. The second kappa shape index (κ2) is 5.49. The number of nitrogens with zero attached hydrogens (tertiary/aromatic N) is 2. The first-order chi connectivity index (χ1) is 8.72. The molecule has 1 heterocycles. The van der Waals surface area contributed by atoms with Gasteiger partial charge in [0.05, 0.1) is 11.3 Å². The summed E-state index contributed by atoms with van der Waals surface area (Å²) < 4.78 is 0.898. The zero-order chi connectivity index (χ0) is 13.0. The number of aromatic nitrogens is 1. The predicted octanol–water partition coefficient (Wildman–Crippen LogP) is 2.74. The van der Waals surface area contributed by atoms with Crippen LogP contribution in [0.25, 0.3) is 0 Å². The van der Waals surface area contributed by atoms with Gasteiger partial charge in [0, 0.05) is 22.4 Å². The molecule has 0 aliphatic rings. The van der Waals surface area contributed by atoms with Crippen LogP contribution in [-0.4, -0.2) is 4.98 Å². The van der Waals surface area contributed by atoms with Crippen molar-refractivity contribution in [2.45, 2.75) is 0 Å². The maximum Gasteiger partial charge on any atom is 0.141 e. The zero-order valence-corrected chi connectivity index (χ0v) is 10.9. The lowest BCUT2D eigenvalue weighted by Crippen LogP contribution is -2.08. The van der Waals surface area contributed by atoms with Crippen molar-refractivity contribution >= 4 is 33.1 Å². The van der Waals surface area contributed by atoms with E-state index in [0.29, 0.717) is 11.4 Å². The standard InChI is InChI=1S/C12H10BrN5/c13-9-2-1-8(7-14)11(5-9)17-10-3-4-16-12(6-10)18-15/h1-6H,15H2,(H2,16,17,18).